The predicted octanol–water partition coefficient (Wildman–Crippen LogP) is 6.32. The number of hydrogen-bond donors (Lipinski definition) is 1. The number of carbonyl (C=O) groups is 1. The number of amides is 1. The van der Waals surface area contributed by atoms with E-state index in [1.807, 2.05) is 19.1 Å². The quantitative estimate of drug-likeness (QED) is 0.248. The molecule has 11 heteroatoms. The first kappa shape index (κ1) is 29.9. The zero-order chi connectivity index (χ0) is 30.5. The molecule has 222 valence electrons. The average molecular weight is 601 g/mol. The number of benzene rings is 2. The van der Waals surface area contributed by atoms with Crippen LogP contribution in [0.4, 0.5) is 16.2 Å². The van der Waals surface area contributed by atoms with E-state index in [1.165, 1.54) is 13.3 Å². The second-order valence-electron chi connectivity index (χ2n) is 10.6. The number of hydrogen-bond acceptors (Lipinski definition) is 9. The molecule has 10 nitrogen and oxygen atoms in total. The number of ether oxygens (including phenoxy) is 3. The minimum absolute atomic E-state index is 0.251. The van der Waals surface area contributed by atoms with E-state index in [-0.39, 0.29) is 5.75 Å². The molecule has 1 saturated heterocycles. The van der Waals surface area contributed by atoms with Crippen molar-refractivity contribution in [2.45, 2.75) is 32.4 Å². The van der Waals surface area contributed by atoms with Gasteiger partial charge in [-0.1, -0.05) is 17.7 Å². The lowest BCUT2D eigenvalue weighted by Crippen LogP contribution is -2.45. The molecule has 3 heterocycles. The van der Waals surface area contributed by atoms with Gasteiger partial charge in [-0.05, 0) is 63.7 Å². The van der Waals surface area contributed by atoms with Crippen LogP contribution in [0.2, 0.25) is 5.02 Å². The maximum atomic E-state index is 13.0. The predicted molar refractivity (Wildman–Crippen MR) is 165 cm³/mol. The van der Waals surface area contributed by atoms with Crippen molar-refractivity contribution in [3.8, 4) is 23.3 Å². The van der Waals surface area contributed by atoms with Crippen molar-refractivity contribution in [2.75, 3.05) is 39.6 Å². The molecule has 1 aliphatic heterocycles. The van der Waals surface area contributed by atoms with Gasteiger partial charge in [0.05, 0.1) is 40.3 Å². The Morgan fingerprint density at radius 3 is 2.63 bits per heavy atom. The van der Waals surface area contributed by atoms with Gasteiger partial charge in [-0.15, -0.1) is 0 Å². The van der Waals surface area contributed by atoms with Gasteiger partial charge in [0.25, 0.3) is 0 Å². The van der Waals surface area contributed by atoms with Gasteiger partial charge < -0.3 is 29.3 Å². The van der Waals surface area contributed by atoms with Crippen LogP contribution in [0.1, 0.15) is 29.7 Å². The van der Waals surface area contributed by atoms with Gasteiger partial charge in [0, 0.05) is 49.0 Å². The Labute approximate surface area is 255 Å². The number of pyridine rings is 2. The van der Waals surface area contributed by atoms with E-state index in [2.05, 4.69) is 40.3 Å². The number of methoxy groups -OCH3 is 1. The lowest BCUT2D eigenvalue weighted by molar-refractivity contribution is 0.117. The van der Waals surface area contributed by atoms with Crippen LogP contribution < -0.4 is 19.5 Å². The third-order valence-corrected chi connectivity index (χ3v) is 7.93. The molecule has 43 heavy (non-hydrogen) atoms. The summed E-state index contributed by atoms with van der Waals surface area (Å²) >= 11 is 6.63. The minimum Gasteiger partial charge on any atom is -0.493 e. The van der Waals surface area contributed by atoms with E-state index in [0.717, 1.165) is 24.1 Å². The molecule has 0 radical (unpaired) electrons. The molecule has 1 fully saturated rings. The van der Waals surface area contributed by atoms with Gasteiger partial charge in [-0.3, -0.25) is 9.97 Å². The molecule has 0 atom stereocenters. The van der Waals surface area contributed by atoms with Gasteiger partial charge in [-0.25, -0.2) is 4.79 Å². The number of halogens is 1. The lowest BCUT2D eigenvalue weighted by atomic mass is 10.0. The summed E-state index contributed by atoms with van der Waals surface area (Å²) < 4.78 is 17.3. The smallest absolute Gasteiger partial charge is 0.415 e. The molecule has 0 bridgehead atoms. The molecular formula is C32H33ClN6O4. The fraction of sp³-hybridized carbons (Fsp3) is 0.312. The largest absolute Gasteiger partial charge is 0.493 e. The molecule has 0 unspecified atom stereocenters. The number of carbonyl (C=O) groups excluding carboxylic acids is 1. The zero-order valence-corrected chi connectivity index (χ0v) is 25.3. The molecule has 2 aromatic heterocycles. The number of nitrogens with zero attached hydrogens (tertiary/aromatic N) is 5. The summed E-state index contributed by atoms with van der Waals surface area (Å²) in [6.45, 7) is 3.52. The number of likely N-dealkylation sites (tertiary alicyclic amines) is 1. The third-order valence-electron chi connectivity index (χ3n) is 7.62. The second kappa shape index (κ2) is 13.2. The van der Waals surface area contributed by atoms with Gasteiger partial charge in [0.1, 0.15) is 18.4 Å². The van der Waals surface area contributed by atoms with Crippen molar-refractivity contribution in [2.24, 2.45) is 0 Å². The number of piperidine rings is 1. The maximum absolute atomic E-state index is 13.0. The molecule has 2 aromatic carbocycles. The van der Waals surface area contributed by atoms with Crippen LogP contribution in [-0.4, -0.2) is 66.2 Å². The highest BCUT2D eigenvalue weighted by Gasteiger charge is 2.26. The van der Waals surface area contributed by atoms with Crippen molar-refractivity contribution in [3.05, 3.63) is 76.7 Å². The molecule has 0 saturated carbocycles. The van der Waals surface area contributed by atoms with Crippen LogP contribution in [-0.2, 0) is 6.61 Å². The van der Waals surface area contributed by atoms with Crippen molar-refractivity contribution in [1.29, 1.82) is 5.26 Å². The highest BCUT2D eigenvalue weighted by atomic mass is 35.5. The molecule has 4 aromatic rings. The van der Waals surface area contributed by atoms with Crippen LogP contribution in [0.25, 0.3) is 10.9 Å². The minimum atomic E-state index is -0.436. The summed E-state index contributed by atoms with van der Waals surface area (Å²) in [5, 5.41) is 14.2. The highest BCUT2D eigenvalue weighted by Crippen LogP contribution is 2.39. The van der Waals surface area contributed by atoms with Crippen LogP contribution in [0.15, 0.2) is 54.9 Å². The lowest BCUT2D eigenvalue weighted by Gasteiger charge is -2.34. The van der Waals surface area contributed by atoms with Crippen molar-refractivity contribution < 1.29 is 19.0 Å². The first-order valence-corrected chi connectivity index (χ1v) is 14.3. The fourth-order valence-corrected chi connectivity index (χ4v) is 5.24. The Morgan fingerprint density at radius 2 is 1.95 bits per heavy atom. The second-order valence-corrected chi connectivity index (χ2v) is 11.0. The molecule has 1 N–H and O–H groups in total. The Balaban J connectivity index is 1.37. The van der Waals surface area contributed by atoms with Gasteiger partial charge >= 0.3 is 6.09 Å². The number of aromatic nitrogens is 2. The van der Waals surface area contributed by atoms with Crippen molar-refractivity contribution >= 4 is 40.0 Å². The third kappa shape index (κ3) is 6.74. The van der Waals surface area contributed by atoms with E-state index >= 15 is 0 Å². The molecule has 1 amide bonds. The standard InChI is InChI=1S/C32H33ClN6O4/c1-20-6-5-11-35-28(20)19-42-23-7-8-26(25(33)14-23)37-31-21(17-34)18-36-27-16-30(29(41-4)15-24(27)31)43-32(40)39-12-9-22(10-13-39)38(2)3/h5-8,11,14-16,18,22H,9-10,12-13,19H2,1-4H3,(H,36,37). The number of anilines is 2. The molecular weight excluding hydrogens is 568 g/mol. The van der Waals surface area contributed by atoms with Gasteiger partial charge in [0.15, 0.2) is 11.5 Å². The SMILES string of the molecule is COc1cc2c(Nc3ccc(OCc4ncccc4C)cc3Cl)c(C#N)cnc2cc1OC(=O)N1CCC(N(C)C)CC1. The Kier molecular flexibility index (Phi) is 9.14. The summed E-state index contributed by atoms with van der Waals surface area (Å²) in [5.41, 5.74) is 3.77. The van der Waals surface area contributed by atoms with Gasteiger partial charge in [-0.2, -0.15) is 5.26 Å². The van der Waals surface area contributed by atoms with E-state index in [0.29, 0.717) is 70.1 Å². The van der Waals surface area contributed by atoms with E-state index < -0.39 is 6.09 Å². The normalized spacial score (nSPS) is 13.6. The van der Waals surface area contributed by atoms with E-state index in [9.17, 15) is 10.1 Å². The number of nitrogens with one attached hydrogen (secondary N) is 1. The maximum Gasteiger partial charge on any atom is 0.415 e. The zero-order valence-electron chi connectivity index (χ0n) is 24.6. The summed E-state index contributed by atoms with van der Waals surface area (Å²) in [7, 11) is 5.60. The molecule has 0 aliphatic carbocycles. The summed E-state index contributed by atoms with van der Waals surface area (Å²) in [5.74, 6) is 1.17. The summed E-state index contributed by atoms with van der Waals surface area (Å²) in [6, 6.07) is 15.1. The Morgan fingerprint density at radius 1 is 1.16 bits per heavy atom. The molecule has 0 spiro atoms. The molecule has 5 rings (SSSR count). The number of aryl methyl sites for hydroxylation is 1. The number of nitriles is 1. The van der Waals surface area contributed by atoms with Crippen LogP contribution in [0.5, 0.6) is 17.2 Å². The first-order valence-electron chi connectivity index (χ1n) is 13.9. The first-order chi connectivity index (χ1) is 20.8. The van der Waals surface area contributed by atoms with Crippen LogP contribution in [0, 0.1) is 18.3 Å². The summed E-state index contributed by atoms with van der Waals surface area (Å²) in [4.78, 5) is 25.7. The van der Waals surface area contributed by atoms with E-state index in [1.54, 1.807) is 41.4 Å². The summed E-state index contributed by atoms with van der Waals surface area (Å²) in [6.07, 6.45) is 4.52. The topological polar surface area (TPSA) is 113 Å². The van der Waals surface area contributed by atoms with Crippen LogP contribution >= 0.6 is 11.6 Å². The van der Waals surface area contributed by atoms with E-state index in [4.69, 9.17) is 25.8 Å². The highest BCUT2D eigenvalue weighted by molar-refractivity contribution is 6.33. The Bertz CT molecular complexity index is 1680. The number of fused-ring (bicyclic) bond motifs is 1. The fourth-order valence-electron chi connectivity index (χ4n) is 5.02. The van der Waals surface area contributed by atoms with Crippen molar-refractivity contribution in [1.82, 2.24) is 19.8 Å². The monoisotopic (exact) mass is 600 g/mol. The Hall–Kier alpha value is -4.59. The van der Waals surface area contributed by atoms with Crippen LogP contribution in [0.3, 0.4) is 0 Å². The van der Waals surface area contributed by atoms with Crippen molar-refractivity contribution in [3.63, 3.8) is 0 Å². The molecule has 1 aliphatic rings. The number of rotatable bonds is 8. The van der Waals surface area contributed by atoms with Gasteiger partial charge in [0.2, 0.25) is 0 Å². The average Bonchev–Trinajstić information content (AvgIpc) is 3.01.